The molecular weight excluding hydrogens is 254 g/mol. The molecule has 0 atom stereocenters. The van der Waals surface area contributed by atoms with Crippen molar-refractivity contribution in [3.8, 4) is 5.75 Å². The van der Waals surface area contributed by atoms with Gasteiger partial charge in [0, 0.05) is 24.5 Å². The Balaban J connectivity index is 2.18. The lowest BCUT2D eigenvalue weighted by atomic mass is 10.3. The molecule has 0 amide bonds. The Kier molecular flexibility index (Phi) is 3.33. The summed E-state index contributed by atoms with van der Waals surface area (Å²) in [5.74, 6) is 0.0892. The number of carbonyl (C=O) groups is 1. The molecule has 1 aromatic carbocycles. The molecule has 0 aliphatic rings. The first kappa shape index (κ1) is 12.4. The molecule has 0 fully saturated rings. The highest BCUT2D eigenvalue weighted by Crippen LogP contribution is 2.17. The van der Waals surface area contributed by atoms with E-state index in [2.05, 4.69) is 4.98 Å². The van der Waals surface area contributed by atoms with E-state index in [4.69, 9.17) is 4.74 Å². The van der Waals surface area contributed by atoms with E-state index in [1.165, 1.54) is 42.7 Å². The standard InChI is InChI=1S/C11H7N3O5/c15-10-12-6-1-7-13(10)11(16)19-9-4-2-8(3-5-9)14(17)18/h1-7H. The first-order valence-corrected chi connectivity index (χ1v) is 5.08. The van der Waals surface area contributed by atoms with E-state index in [1.54, 1.807) is 0 Å². The topological polar surface area (TPSA) is 104 Å². The quantitative estimate of drug-likeness (QED) is 0.594. The molecule has 8 nitrogen and oxygen atoms in total. The summed E-state index contributed by atoms with van der Waals surface area (Å²) in [5, 5.41) is 10.4. The fourth-order valence-corrected chi connectivity index (χ4v) is 1.28. The lowest BCUT2D eigenvalue weighted by Crippen LogP contribution is -2.30. The maximum Gasteiger partial charge on any atom is 0.427 e. The highest BCUT2D eigenvalue weighted by atomic mass is 16.6. The molecule has 0 N–H and O–H groups in total. The van der Waals surface area contributed by atoms with Crippen molar-refractivity contribution in [2.75, 3.05) is 0 Å². The van der Waals surface area contributed by atoms with Crippen LogP contribution in [0.15, 0.2) is 47.5 Å². The van der Waals surface area contributed by atoms with E-state index < -0.39 is 16.7 Å². The fourth-order valence-electron chi connectivity index (χ4n) is 1.28. The van der Waals surface area contributed by atoms with Gasteiger partial charge in [0.15, 0.2) is 0 Å². The van der Waals surface area contributed by atoms with Crippen molar-refractivity contribution < 1.29 is 14.5 Å². The van der Waals surface area contributed by atoms with Crippen LogP contribution in [0.1, 0.15) is 0 Å². The molecule has 0 saturated carbocycles. The maximum atomic E-state index is 11.6. The number of aromatic nitrogens is 2. The second-order valence-electron chi connectivity index (χ2n) is 3.39. The zero-order valence-corrected chi connectivity index (χ0v) is 9.42. The van der Waals surface area contributed by atoms with Gasteiger partial charge in [-0.3, -0.25) is 10.1 Å². The molecule has 0 aliphatic heterocycles. The second kappa shape index (κ2) is 5.08. The zero-order valence-electron chi connectivity index (χ0n) is 9.42. The molecular formula is C11H7N3O5. The number of nitro benzene ring substituents is 1. The number of nitro groups is 1. The van der Waals surface area contributed by atoms with Gasteiger partial charge < -0.3 is 4.74 Å². The summed E-state index contributed by atoms with van der Waals surface area (Å²) in [6, 6.07) is 6.30. The van der Waals surface area contributed by atoms with Crippen molar-refractivity contribution in [3.63, 3.8) is 0 Å². The molecule has 0 radical (unpaired) electrons. The average Bonchev–Trinajstić information content (AvgIpc) is 2.39. The van der Waals surface area contributed by atoms with E-state index in [1.807, 2.05) is 0 Å². The Bertz CT molecular complexity index is 677. The first-order chi connectivity index (χ1) is 9.08. The lowest BCUT2D eigenvalue weighted by Gasteiger charge is -2.04. The minimum Gasteiger partial charge on any atom is -0.410 e. The van der Waals surface area contributed by atoms with E-state index in [0.717, 1.165) is 0 Å². The normalized spacial score (nSPS) is 9.89. The zero-order chi connectivity index (χ0) is 13.8. The van der Waals surface area contributed by atoms with Crippen LogP contribution in [0.5, 0.6) is 5.75 Å². The van der Waals surface area contributed by atoms with Gasteiger partial charge in [-0.2, -0.15) is 0 Å². The number of hydrogen-bond acceptors (Lipinski definition) is 6. The predicted octanol–water partition coefficient (Wildman–Crippen LogP) is 1.20. The fraction of sp³-hybridized carbons (Fsp3) is 0. The summed E-state index contributed by atoms with van der Waals surface area (Å²) in [4.78, 5) is 36.1. The molecule has 0 unspecified atom stereocenters. The predicted molar refractivity (Wildman–Crippen MR) is 63.0 cm³/mol. The van der Waals surface area contributed by atoms with Crippen LogP contribution < -0.4 is 10.4 Å². The number of rotatable bonds is 2. The third kappa shape index (κ3) is 2.80. The molecule has 0 bridgehead atoms. The lowest BCUT2D eigenvalue weighted by molar-refractivity contribution is -0.384. The first-order valence-electron chi connectivity index (χ1n) is 5.08. The average molecular weight is 261 g/mol. The van der Waals surface area contributed by atoms with Gasteiger partial charge in [0.2, 0.25) is 0 Å². The number of hydrogen-bond donors (Lipinski definition) is 0. The van der Waals surface area contributed by atoms with Crippen molar-refractivity contribution >= 4 is 11.8 Å². The monoisotopic (exact) mass is 261 g/mol. The molecule has 0 spiro atoms. The Morgan fingerprint density at radius 1 is 1.32 bits per heavy atom. The van der Waals surface area contributed by atoms with Gasteiger partial charge in [0.05, 0.1) is 4.92 Å². The van der Waals surface area contributed by atoms with Crippen molar-refractivity contribution in [2.45, 2.75) is 0 Å². The van der Waals surface area contributed by atoms with Crippen molar-refractivity contribution in [2.24, 2.45) is 0 Å². The van der Waals surface area contributed by atoms with E-state index in [9.17, 15) is 19.7 Å². The van der Waals surface area contributed by atoms with Gasteiger partial charge in [-0.1, -0.05) is 0 Å². The summed E-state index contributed by atoms with van der Waals surface area (Å²) in [7, 11) is 0. The number of benzene rings is 1. The van der Waals surface area contributed by atoms with Crippen LogP contribution in [0.2, 0.25) is 0 Å². The molecule has 2 rings (SSSR count). The van der Waals surface area contributed by atoms with Gasteiger partial charge in [0.25, 0.3) is 5.69 Å². The summed E-state index contributed by atoms with van der Waals surface area (Å²) in [5.41, 5.74) is -0.896. The van der Waals surface area contributed by atoms with Crippen molar-refractivity contribution in [3.05, 3.63) is 63.3 Å². The highest BCUT2D eigenvalue weighted by Gasteiger charge is 2.11. The van der Waals surface area contributed by atoms with Gasteiger partial charge in [0.1, 0.15) is 5.75 Å². The molecule has 8 heteroatoms. The summed E-state index contributed by atoms with van der Waals surface area (Å²) >= 11 is 0. The van der Waals surface area contributed by atoms with E-state index in [-0.39, 0.29) is 11.4 Å². The molecule has 2 aromatic rings. The molecule has 1 heterocycles. The maximum absolute atomic E-state index is 11.6. The number of nitrogens with zero attached hydrogens (tertiary/aromatic N) is 3. The Labute approximate surface area is 106 Å². The molecule has 0 aliphatic carbocycles. The van der Waals surface area contributed by atoms with Crippen molar-refractivity contribution in [1.29, 1.82) is 0 Å². The Morgan fingerprint density at radius 3 is 2.58 bits per heavy atom. The Morgan fingerprint density at radius 2 is 2.00 bits per heavy atom. The van der Waals surface area contributed by atoms with Crippen LogP contribution in [0.3, 0.4) is 0 Å². The van der Waals surface area contributed by atoms with Crippen LogP contribution in [0.25, 0.3) is 0 Å². The van der Waals surface area contributed by atoms with Gasteiger partial charge in [-0.25, -0.2) is 19.1 Å². The van der Waals surface area contributed by atoms with E-state index in [0.29, 0.717) is 4.57 Å². The third-order valence-electron chi connectivity index (χ3n) is 2.16. The molecule has 0 saturated heterocycles. The minimum atomic E-state index is -0.938. The van der Waals surface area contributed by atoms with Gasteiger partial charge >= 0.3 is 11.8 Å². The number of non-ortho nitro benzene ring substituents is 1. The van der Waals surface area contributed by atoms with Crippen molar-refractivity contribution in [1.82, 2.24) is 9.55 Å². The second-order valence-corrected chi connectivity index (χ2v) is 3.39. The highest BCUT2D eigenvalue weighted by molar-refractivity contribution is 5.72. The van der Waals surface area contributed by atoms with Crippen LogP contribution in [-0.2, 0) is 0 Å². The number of carbonyl (C=O) groups excluding carboxylic acids is 1. The largest absolute Gasteiger partial charge is 0.427 e. The minimum absolute atomic E-state index is 0.0892. The van der Waals surface area contributed by atoms with Crippen LogP contribution in [0, 0.1) is 10.1 Å². The molecule has 1 aromatic heterocycles. The number of ether oxygens (including phenoxy) is 1. The molecule has 96 valence electrons. The van der Waals surface area contributed by atoms with Crippen LogP contribution >= 0.6 is 0 Å². The summed E-state index contributed by atoms with van der Waals surface area (Å²) in [6.07, 6.45) is 1.52. The van der Waals surface area contributed by atoms with Crippen LogP contribution in [0.4, 0.5) is 10.5 Å². The molecule has 19 heavy (non-hydrogen) atoms. The van der Waals surface area contributed by atoms with Gasteiger partial charge in [-0.15, -0.1) is 0 Å². The smallest absolute Gasteiger partial charge is 0.410 e. The van der Waals surface area contributed by atoms with Gasteiger partial charge in [-0.05, 0) is 18.2 Å². The summed E-state index contributed by atoms with van der Waals surface area (Å²) in [6.45, 7) is 0. The summed E-state index contributed by atoms with van der Waals surface area (Å²) < 4.78 is 5.56. The SMILES string of the molecule is O=C(Oc1ccc([N+](=O)[O-])cc1)n1cccnc1=O. The van der Waals surface area contributed by atoms with E-state index >= 15 is 0 Å². The third-order valence-corrected chi connectivity index (χ3v) is 2.16. The van der Waals surface area contributed by atoms with Crippen LogP contribution in [-0.4, -0.2) is 20.6 Å². The Hall–Kier alpha value is -3.03.